The Morgan fingerprint density at radius 3 is 2.62 bits per heavy atom. The second-order valence-electron chi connectivity index (χ2n) is 6.21. The standard InChI is InChI=1S/C13H21BrN4O2S/c1-9-7-8-18(11-6-4-3-5-10(9)11)21(19,20)13-12(14)15-16-17(13)2/h9-11H,3-8H2,1-2H3. The van der Waals surface area contributed by atoms with Crippen LogP contribution >= 0.6 is 15.9 Å². The van der Waals surface area contributed by atoms with Crippen LogP contribution in [-0.2, 0) is 17.1 Å². The summed E-state index contributed by atoms with van der Waals surface area (Å²) in [5, 5.41) is 7.80. The lowest BCUT2D eigenvalue weighted by Crippen LogP contribution is -2.52. The molecule has 1 aromatic rings. The quantitative estimate of drug-likeness (QED) is 0.792. The molecule has 0 bridgehead atoms. The molecular weight excluding hydrogens is 356 g/mol. The molecule has 8 heteroatoms. The summed E-state index contributed by atoms with van der Waals surface area (Å²) in [5.74, 6) is 1.09. The molecule has 0 aromatic carbocycles. The molecule has 118 valence electrons. The van der Waals surface area contributed by atoms with Crippen LogP contribution in [0.2, 0.25) is 0 Å². The fourth-order valence-electron chi connectivity index (χ4n) is 3.88. The Bertz CT molecular complexity index is 611. The van der Waals surface area contributed by atoms with Crippen LogP contribution in [0.25, 0.3) is 0 Å². The van der Waals surface area contributed by atoms with Crippen molar-refractivity contribution in [2.24, 2.45) is 18.9 Å². The Morgan fingerprint density at radius 1 is 1.24 bits per heavy atom. The molecule has 0 spiro atoms. The van der Waals surface area contributed by atoms with Crippen molar-refractivity contribution < 1.29 is 8.42 Å². The van der Waals surface area contributed by atoms with Crippen LogP contribution in [0.5, 0.6) is 0 Å². The Labute approximate surface area is 134 Å². The van der Waals surface area contributed by atoms with Crippen LogP contribution in [0, 0.1) is 11.8 Å². The van der Waals surface area contributed by atoms with Crippen molar-refractivity contribution in [2.45, 2.75) is 50.1 Å². The average Bonchev–Trinajstić information content (AvgIpc) is 2.79. The fraction of sp³-hybridized carbons (Fsp3) is 0.846. The third-order valence-corrected chi connectivity index (χ3v) is 7.79. The number of aryl methyl sites for hydroxylation is 1. The molecule has 3 atom stereocenters. The van der Waals surface area contributed by atoms with Gasteiger partial charge >= 0.3 is 0 Å². The number of hydrogen-bond acceptors (Lipinski definition) is 4. The summed E-state index contributed by atoms with van der Waals surface area (Å²) < 4.78 is 29.4. The smallest absolute Gasteiger partial charge is 0.235 e. The van der Waals surface area contributed by atoms with E-state index in [1.807, 2.05) is 0 Å². The second-order valence-corrected chi connectivity index (χ2v) is 8.76. The first-order valence-electron chi connectivity index (χ1n) is 7.50. The van der Waals surface area contributed by atoms with Crippen LogP contribution in [0.15, 0.2) is 9.63 Å². The molecule has 0 radical (unpaired) electrons. The van der Waals surface area contributed by atoms with Crippen LogP contribution < -0.4 is 0 Å². The van der Waals surface area contributed by atoms with Gasteiger partial charge in [-0.05, 0) is 47.0 Å². The summed E-state index contributed by atoms with van der Waals surface area (Å²) >= 11 is 3.22. The predicted octanol–water partition coefficient (Wildman–Crippen LogP) is 2.17. The lowest BCUT2D eigenvalue weighted by atomic mass is 9.74. The second kappa shape index (κ2) is 5.62. The molecule has 3 rings (SSSR count). The van der Waals surface area contributed by atoms with E-state index in [1.165, 1.54) is 11.1 Å². The van der Waals surface area contributed by atoms with Crippen LogP contribution in [0.1, 0.15) is 39.0 Å². The molecule has 1 aromatic heterocycles. The maximum atomic E-state index is 13.0. The zero-order valence-corrected chi connectivity index (χ0v) is 14.8. The van der Waals surface area contributed by atoms with Crippen molar-refractivity contribution in [1.29, 1.82) is 0 Å². The van der Waals surface area contributed by atoms with Gasteiger partial charge in [0, 0.05) is 19.6 Å². The molecule has 2 fully saturated rings. The van der Waals surface area contributed by atoms with E-state index in [0.29, 0.717) is 23.0 Å². The first-order valence-corrected chi connectivity index (χ1v) is 9.73. The van der Waals surface area contributed by atoms with Crippen molar-refractivity contribution in [3.63, 3.8) is 0 Å². The highest BCUT2D eigenvalue weighted by Gasteiger charge is 2.44. The van der Waals surface area contributed by atoms with E-state index >= 15 is 0 Å². The van der Waals surface area contributed by atoms with E-state index in [9.17, 15) is 8.42 Å². The molecule has 1 saturated heterocycles. The number of hydrogen-bond donors (Lipinski definition) is 0. The summed E-state index contributed by atoms with van der Waals surface area (Å²) in [7, 11) is -1.93. The van der Waals surface area contributed by atoms with E-state index in [2.05, 4.69) is 33.2 Å². The van der Waals surface area contributed by atoms with E-state index in [4.69, 9.17) is 0 Å². The molecule has 6 nitrogen and oxygen atoms in total. The number of sulfonamides is 1. The molecule has 0 N–H and O–H groups in total. The third-order valence-electron chi connectivity index (χ3n) is 4.98. The van der Waals surface area contributed by atoms with Crippen LogP contribution in [0.4, 0.5) is 0 Å². The number of piperidine rings is 1. The monoisotopic (exact) mass is 376 g/mol. The summed E-state index contributed by atoms with van der Waals surface area (Å²) in [6.07, 6.45) is 5.38. The fourth-order valence-corrected chi connectivity index (χ4v) is 6.63. The number of halogens is 1. The number of nitrogens with zero attached hydrogens (tertiary/aromatic N) is 4. The van der Waals surface area contributed by atoms with Crippen molar-refractivity contribution >= 4 is 26.0 Å². The van der Waals surface area contributed by atoms with E-state index < -0.39 is 10.0 Å². The molecule has 21 heavy (non-hydrogen) atoms. The van der Waals surface area contributed by atoms with E-state index in [-0.39, 0.29) is 11.1 Å². The zero-order valence-electron chi connectivity index (χ0n) is 12.4. The number of fused-ring (bicyclic) bond motifs is 1. The third kappa shape index (κ3) is 2.55. The lowest BCUT2D eigenvalue weighted by Gasteiger charge is -2.46. The maximum Gasteiger partial charge on any atom is 0.263 e. The minimum Gasteiger partial charge on any atom is -0.235 e. The van der Waals surface area contributed by atoms with Gasteiger partial charge in [-0.15, -0.1) is 5.10 Å². The van der Waals surface area contributed by atoms with Gasteiger partial charge in [0.25, 0.3) is 10.0 Å². The summed E-state index contributed by atoms with van der Waals surface area (Å²) in [6.45, 7) is 2.86. The van der Waals surface area contributed by atoms with Gasteiger partial charge < -0.3 is 0 Å². The van der Waals surface area contributed by atoms with Crippen LogP contribution in [0.3, 0.4) is 0 Å². The molecule has 2 heterocycles. The van der Waals surface area contributed by atoms with Crippen molar-refractivity contribution in [3.05, 3.63) is 4.60 Å². The Kier molecular flexibility index (Phi) is 4.13. The highest BCUT2D eigenvalue weighted by molar-refractivity contribution is 9.10. The molecule has 1 aliphatic heterocycles. The zero-order chi connectivity index (χ0) is 15.2. The Balaban J connectivity index is 1.98. The Morgan fingerprint density at radius 2 is 1.95 bits per heavy atom. The highest BCUT2D eigenvalue weighted by atomic mass is 79.9. The molecule has 2 aliphatic rings. The van der Waals surface area contributed by atoms with Crippen LogP contribution in [-0.4, -0.2) is 40.3 Å². The maximum absolute atomic E-state index is 13.0. The van der Waals surface area contributed by atoms with Gasteiger partial charge in [0.05, 0.1) is 0 Å². The topological polar surface area (TPSA) is 68.1 Å². The van der Waals surface area contributed by atoms with Gasteiger partial charge in [0.1, 0.15) is 0 Å². The van der Waals surface area contributed by atoms with Gasteiger partial charge in [-0.1, -0.05) is 25.0 Å². The predicted molar refractivity (Wildman–Crippen MR) is 82.1 cm³/mol. The highest BCUT2D eigenvalue weighted by Crippen LogP contribution is 2.41. The van der Waals surface area contributed by atoms with Gasteiger partial charge in [-0.3, -0.25) is 0 Å². The minimum atomic E-state index is -3.55. The number of rotatable bonds is 2. The summed E-state index contributed by atoms with van der Waals surface area (Å²) in [5.41, 5.74) is 0. The van der Waals surface area contributed by atoms with Gasteiger partial charge in [0.2, 0.25) is 5.03 Å². The summed E-state index contributed by atoms with van der Waals surface area (Å²) in [6, 6.07) is 0.134. The van der Waals surface area contributed by atoms with Gasteiger partial charge in [-0.2, -0.15) is 4.31 Å². The first-order chi connectivity index (χ1) is 9.93. The van der Waals surface area contributed by atoms with E-state index in [1.54, 1.807) is 11.4 Å². The molecule has 3 unspecified atom stereocenters. The molecular formula is C13H21BrN4O2S. The molecule has 0 amide bonds. The largest absolute Gasteiger partial charge is 0.263 e. The SMILES string of the molecule is CC1CCN(S(=O)(=O)c2c(Br)nnn2C)C2CCCCC12. The number of aromatic nitrogens is 3. The van der Waals surface area contributed by atoms with Crippen molar-refractivity contribution in [2.75, 3.05) is 6.54 Å². The lowest BCUT2D eigenvalue weighted by molar-refractivity contribution is 0.0823. The summed E-state index contributed by atoms with van der Waals surface area (Å²) in [4.78, 5) is 0. The van der Waals surface area contributed by atoms with Crippen molar-refractivity contribution in [1.82, 2.24) is 19.3 Å². The molecule has 1 saturated carbocycles. The Hall–Kier alpha value is -0.470. The first kappa shape index (κ1) is 15.4. The normalized spacial score (nSPS) is 31.1. The van der Waals surface area contributed by atoms with Gasteiger partial charge in [-0.25, -0.2) is 13.1 Å². The average molecular weight is 377 g/mol. The minimum absolute atomic E-state index is 0.134. The van der Waals surface area contributed by atoms with Gasteiger partial charge in [0.15, 0.2) is 4.60 Å². The van der Waals surface area contributed by atoms with E-state index in [0.717, 1.165) is 25.7 Å². The van der Waals surface area contributed by atoms with Crippen molar-refractivity contribution in [3.8, 4) is 0 Å². The molecule has 1 aliphatic carbocycles.